The Bertz CT molecular complexity index is 1070. The number of ether oxygens (including phenoxy) is 1. The summed E-state index contributed by atoms with van der Waals surface area (Å²) in [4.78, 5) is 25.2. The third kappa shape index (κ3) is 5.80. The first-order valence-corrected chi connectivity index (χ1v) is 12.6. The number of amides is 2. The largest absolute Gasteiger partial charge is 0.494 e. The number of carbonyl (C=O) groups is 2. The molecule has 0 spiro atoms. The van der Waals surface area contributed by atoms with Gasteiger partial charge in [0.2, 0.25) is 11.8 Å². The van der Waals surface area contributed by atoms with E-state index in [4.69, 9.17) is 4.74 Å². The van der Waals surface area contributed by atoms with Gasteiger partial charge in [0, 0.05) is 17.4 Å². The van der Waals surface area contributed by atoms with Gasteiger partial charge in [-0.25, -0.2) is 8.42 Å². The maximum atomic E-state index is 12.8. The SMILES string of the molecule is CCOc1ccc(CNC(=O)[C@@H](C)CS(=O)(=O)c2ccc3c(c2)NC(=O)[C@H](C)S3)cc1. The van der Waals surface area contributed by atoms with Gasteiger partial charge < -0.3 is 15.4 Å². The van der Waals surface area contributed by atoms with E-state index in [1.165, 1.54) is 23.9 Å². The fourth-order valence-electron chi connectivity index (χ4n) is 3.12. The number of nitrogens with one attached hydrogen (secondary N) is 2. The molecule has 2 amide bonds. The molecular formula is C22H26N2O5S2. The van der Waals surface area contributed by atoms with Crippen LogP contribution in [0, 0.1) is 5.92 Å². The first kappa shape index (κ1) is 23.1. The van der Waals surface area contributed by atoms with Crippen molar-refractivity contribution in [3.05, 3.63) is 48.0 Å². The van der Waals surface area contributed by atoms with Gasteiger partial charge in [-0.3, -0.25) is 9.59 Å². The Morgan fingerprint density at radius 1 is 1.23 bits per heavy atom. The maximum Gasteiger partial charge on any atom is 0.237 e. The number of thioether (sulfide) groups is 1. The number of hydrogen-bond acceptors (Lipinski definition) is 6. The Balaban J connectivity index is 1.61. The first-order chi connectivity index (χ1) is 14.7. The van der Waals surface area contributed by atoms with Crippen LogP contribution in [0.15, 0.2) is 52.3 Å². The van der Waals surface area contributed by atoms with E-state index in [1.54, 1.807) is 19.9 Å². The molecule has 0 fully saturated rings. The zero-order chi connectivity index (χ0) is 22.6. The minimum atomic E-state index is -3.70. The van der Waals surface area contributed by atoms with Gasteiger partial charge in [-0.1, -0.05) is 19.1 Å². The molecule has 7 nitrogen and oxygen atoms in total. The van der Waals surface area contributed by atoms with Gasteiger partial charge in [0.25, 0.3) is 0 Å². The highest BCUT2D eigenvalue weighted by Crippen LogP contribution is 2.37. The van der Waals surface area contributed by atoms with E-state index < -0.39 is 15.8 Å². The molecule has 31 heavy (non-hydrogen) atoms. The molecular weight excluding hydrogens is 436 g/mol. The van der Waals surface area contributed by atoms with E-state index >= 15 is 0 Å². The van der Waals surface area contributed by atoms with Crippen molar-refractivity contribution in [1.29, 1.82) is 0 Å². The molecule has 0 aromatic heterocycles. The fourth-order valence-corrected chi connectivity index (χ4v) is 5.62. The standard InChI is InChI=1S/C22H26N2O5S2/c1-4-29-17-7-5-16(6-8-17)12-23-21(25)14(2)13-31(27,28)18-9-10-20-19(11-18)24-22(26)15(3)30-20/h5-11,14-15H,4,12-13H2,1-3H3,(H,23,25)(H,24,26)/t14-,15-/m0/s1. The van der Waals surface area contributed by atoms with Crippen molar-refractivity contribution in [2.45, 2.75) is 42.4 Å². The molecule has 9 heteroatoms. The first-order valence-electron chi connectivity index (χ1n) is 10.0. The molecule has 0 saturated carbocycles. The Kier molecular flexibility index (Phi) is 7.27. The summed E-state index contributed by atoms with van der Waals surface area (Å²) in [6, 6.07) is 12.0. The van der Waals surface area contributed by atoms with Crippen LogP contribution < -0.4 is 15.4 Å². The van der Waals surface area contributed by atoms with E-state index in [0.717, 1.165) is 16.2 Å². The molecule has 2 N–H and O–H groups in total. The molecule has 166 valence electrons. The topological polar surface area (TPSA) is 102 Å². The Morgan fingerprint density at radius 3 is 2.61 bits per heavy atom. The lowest BCUT2D eigenvalue weighted by molar-refractivity contribution is -0.124. The number of fused-ring (bicyclic) bond motifs is 1. The van der Waals surface area contributed by atoms with Crippen LogP contribution in [0.2, 0.25) is 0 Å². The fraction of sp³-hybridized carbons (Fsp3) is 0.364. The monoisotopic (exact) mass is 462 g/mol. The van der Waals surface area contributed by atoms with Crippen molar-refractivity contribution >= 4 is 39.1 Å². The molecule has 1 aliphatic rings. The second-order valence-corrected chi connectivity index (χ2v) is 10.8. The van der Waals surface area contributed by atoms with Crippen molar-refractivity contribution in [2.24, 2.45) is 5.92 Å². The average Bonchev–Trinajstić information content (AvgIpc) is 2.73. The van der Waals surface area contributed by atoms with Crippen molar-refractivity contribution in [3.8, 4) is 5.75 Å². The lowest BCUT2D eigenvalue weighted by atomic mass is 10.2. The van der Waals surface area contributed by atoms with Crippen LogP contribution in [0.4, 0.5) is 5.69 Å². The number of rotatable bonds is 8. The van der Waals surface area contributed by atoms with E-state index in [1.807, 2.05) is 31.2 Å². The van der Waals surface area contributed by atoms with Crippen molar-refractivity contribution < 1.29 is 22.7 Å². The molecule has 2 atom stereocenters. The summed E-state index contributed by atoms with van der Waals surface area (Å²) in [6.07, 6.45) is 0. The minimum absolute atomic E-state index is 0.0906. The zero-order valence-electron chi connectivity index (χ0n) is 17.7. The van der Waals surface area contributed by atoms with Gasteiger partial charge in [-0.05, 0) is 49.7 Å². The molecule has 1 heterocycles. The summed E-state index contributed by atoms with van der Waals surface area (Å²) in [6.45, 7) is 6.17. The summed E-state index contributed by atoms with van der Waals surface area (Å²) in [5.41, 5.74) is 1.38. The van der Waals surface area contributed by atoms with E-state index in [9.17, 15) is 18.0 Å². The predicted molar refractivity (Wildman–Crippen MR) is 121 cm³/mol. The van der Waals surface area contributed by atoms with Crippen LogP contribution in [0.25, 0.3) is 0 Å². The molecule has 0 saturated heterocycles. The second kappa shape index (κ2) is 9.74. The van der Waals surface area contributed by atoms with Crippen LogP contribution in [0.1, 0.15) is 26.3 Å². The summed E-state index contributed by atoms with van der Waals surface area (Å²) in [7, 11) is -3.70. The Hall–Kier alpha value is -2.52. The summed E-state index contributed by atoms with van der Waals surface area (Å²) < 4.78 is 31.1. The highest BCUT2D eigenvalue weighted by Gasteiger charge is 2.27. The average molecular weight is 463 g/mol. The van der Waals surface area contributed by atoms with Crippen LogP contribution in [-0.2, 0) is 26.0 Å². The molecule has 2 aromatic carbocycles. The third-order valence-corrected chi connectivity index (χ3v) is 7.95. The number of carbonyl (C=O) groups excluding carboxylic acids is 2. The third-order valence-electron chi connectivity index (χ3n) is 4.86. The van der Waals surface area contributed by atoms with Crippen LogP contribution >= 0.6 is 11.8 Å². The highest BCUT2D eigenvalue weighted by atomic mass is 32.2. The van der Waals surface area contributed by atoms with E-state index in [-0.39, 0.29) is 27.7 Å². The molecule has 0 bridgehead atoms. The van der Waals surface area contributed by atoms with Crippen molar-refractivity contribution in [1.82, 2.24) is 5.32 Å². The minimum Gasteiger partial charge on any atom is -0.494 e. The van der Waals surface area contributed by atoms with Crippen LogP contribution in [-0.4, -0.2) is 37.8 Å². The smallest absolute Gasteiger partial charge is 0.237 e. The molecule has 0 radical (unpaired) electrons. The van der Waals surface area contributed by atoms with Crippen LogP contribution in [0.3, 0.4) is 0 Å². The van der Waals surface area contributed by atoms with Crippen molar-refractivity contribution in [2.75, 3.05) is 17.7 Å². The van der Waals surface area contributed by atoms with Gasteiger partial charge >= 0.3 is 0 Å². The molecule has 0 aliphatic carbocycles. The van der Waals surface area contributed by atoms with E-state index in [0.29, 0.717) is 18.8 Å². The summed E-state index contributed by atoms with van der Waals surface area (Å²) in [5.74, 6) is -0.792. The maximum absolute atomic E-state index is 12.8. The summed E-state index contributed by atoms with van der Waals surface area (Å²) >= 11 is 1.39. The molecule has 3 rings (SSSR count). The van der Waals surface area contributed by atoms with Gasteiger partial charge in [0.1, 0.15) is 5.75 Å². The quantitative estimate of drug-likeness (QED) is 0.625. The van der Waals surface area contributed by atoms with Gasteiger partial charge in [0.05, 0.1) is 28.2 Å². The summed E-state index contributed by atoms with van der Waals surface area (Å²) in [5, 5.41) is 5.29. The predicted octanol–water partition coefficient (Wildman–Crippen LogP) is 3.24. The lowest BCUT2D eigenvalue weighted by Gasteiger charge is -2.22. The van der Waals surface area contributed by atoms with Gasteiger partial charge in [-0.15, -0.1) is 11.8 Å². The Morgan fingerprint density at radius 2 is 1.94 bits per heavy atom. The second-order valence-electron chi connectivity index (χ2n) is 7.38. The number of sulfone groups is 1. The van der Waals surface area contributed by atoms with Crippen molar-refractivity contribution in [3.63, 3.8) is 0 Å². The van der Waals surface area contributed by atoms with Gasteiger partial charge in [-0.2, -0.15) is 0 Å². The Labute approximate surface area is 186 Å². The number of hydrogen-bond donors (Lipinski definition) is 2. The number of anilines is 1. The molecule has 2 aromatic rings. The molecule has 1 aliphatic heterocycles. The zero-order valence-corrected chi connectivity index (χ0v) is 19.3. The lowest BCUT2D eigenvalue weighted by Crippen LogP contribution is -2.32. The highest BCUT2D eigenvalue weighted by molar-refractivity contribution is 8.01. The normalized spacial score (nSPS) is 16.7. The number of benzene rings is 2. The van der Waals surface area contributed by atoms with Gasteiger partial charge in [0.15, 0.2) is 9.84 Å². The van der Waals surface area contributed by atoms with E-state index in [2.05, 4.69) is 10.6 Å². The molecule has 0 unspecified atom stereocenters. The van der Waals surface area contributed by atoms with Crippen LogP contribution in [0.5, 0.6) is 5.75 Å².